The van der Waals surface area contributed by atoms with Gasteiger partial charge in [0.05, 0.1) is 6.33 Å². The van der Waals surface area contributed by atoms with Crippen LogP contribution in [0, 0.1) is 5.92 Å². The Kier molecular flexibility index (Phi) is 3.50. The lowest BCUT2D eigenvalue weighted by Crippen LogP contribution is -2.31. The van der Waals surface area contributed by atoms with Gasteiger partial charge in [0.2, 0.25) is 0 Å². The van der Waals surface area contributed by atoms with Crippen molar-refractivity contribution in [1.82, 2.24) is 14.9 Å². The van der Waals surface area contributed by atoms with Crippen LogP contribution in [0.4, 0.5) is 0 Å². The van der Waals surface area contributed by atoms with E-state index in [2.05, 4.69) is 10.3 Å². The van der Waals surface area contributed by atoms with Crippen LogP contribution in [-0.4, -0.2) is 22.6 Å². The van der Waals surface area contributed by atoms with Crippen molar-refractivity contribution in [2.45, 2.75) is 25.8 Å². The third-order valence-electron chi connectivity index (χ3n) is 2.97. The van der Waals surface area contributed by atoms with Crippen molar-refractivity contribution in [3.63, 3.8) is 0 Å². The molecule has 1 N–H and O–H groups in total. The lowest BCUT2D eigenvalue weighted by atomic mass is 9.96. The zero-order valence-corrected chi connectivity index (χ0v) is 8.85. The van der Waals surface area contributed by atoms with Crippen LogP contribution in [0.15, 0.2) is 23.4 Å². The summed E-state index contributed by atoms with van der Waals surface area (Å²) in [4.78, 5) is 15.4. The number of rotatable bonds is 3. The lowest BCUT2D eigenvalue weighted by molar-refractivity contribution is 0.339. The summed E-state index contributed by atoms with van der Waals surface area (Å²) in [6, 6.07) is 1.51. The van der Waals surface area contributed by atoms with Gasteiger partial charge in [-0.15, -0.1) is 0 Å². The van der Waals surface area contributed by atoms with E-state index >= 15 is 0 Å². The van der Waals surface area contributed by atoms with E-state index in [4.69, 9.17) is 0 Å². The minimum absolute atomic E-state index is 0.0498. The molecule has 0 aliphatic carbocycles. The van der Waals surface area contributed by atoms with E-state index in [-0.39, 0.29) is 5.56 Å². The number of nitrogens with zero attached hydrogens (tertiary/aromatic N) is 2. The number of hydrogen-bond acceptors (Lipinski definition) is 3. The van der Waals surface area contributed by atoms with Crippen molar-refractivity contribution in [3.05, 3.63) is 28.9 Å². The Morgan fingerprint density at radius 3 is 3.27 bits per heavy atom. The first-order chi connectivity index (χ1) is 7.36. The smallest absolute Gasteiger partial charge is 0.253 e. The molecule has 2 heterocycles. The van der Waals surface area contributed by atoms with Gasteiger partial charge in [-0.05, 0) is 38.3 Å². The van der Waals surface area contributed by atoms with Crippen LogP contribution in [0.1, 0.15) is 19.3 Å². The molecule has 1 aliphatic heterocycles. The first-order valence-corrected chi connectivity index (χ1v) is 5.57. The maximum absolute atomic E-state index is 11.4. The number of aromatic nitrogens is 2. The Morgan fingerprint density at radius 2 is 2.53 bits per heavy atom. The highest BCUT2D eigenvalue weighted by molar-refractivity contribution is 4.82. The summed E-state index contributed by atoms with van der Waals surface area (Å²) in [7, 11) is 0. The van der Waals surface area contributed by atoms with E-state index in [0.717, 1.165) is 26.1 Å². The van der Waals surface area contributed by atoms with Gasteiger partial charge < -0.3 is 5.32 Å². The van der Waals surface area contributed by atoms with Crippen LogP contribution in [0.3, 0.4) is 0 Å². The first-order valence-electron chi connectivity index (χ1n) is 5.57. The van der Waals surface area contributed by atoms with Gasteiger partial charge in [-0.25, -0.2) is 4.98 Å². The molecule has 1 aliphatic rings. The highest BCUT2D eigenvalue weighted by Crippen LogP contribution is 2.14. The van der Waals surface area contributed by atoms with Crippen LogP contribution in [0.2, 0.25) is 0 Å². The molecule has 1 fully saturated rings. The molecular formula is C11H17N3O. The summed E-state index contributed by atoms with van der Waals surface area (Å²) >= 11 is 0. The molecule has 0 bridgehead atoms. The molecule has 0 spiro atoms. The Morgan fingerprint density at radius 1 is 1.60 bits per heavy atom. The molecule has 0 amide bonds. The van der Waals surface area contributed by atoms with Crippen molar-refractivity contribution in [2.24, 2.45) is 5.92 Å². The van der Waals surface area contributed by atoms with Crippen LogP contribution < -0.4 is 10.9 Å². The fourth-order valence-electron chi connectivity index (χ4n) is 2.04. The van der Waals surface area contributed by atoms with Crippen molar-refractivity contribution in [1.29, 1.82) is 0 Å². The molecule has 1 atom stereocenters. The molecule has 82 valence electrons. The van der Waals surface area contributed by atoms with Gasteiger partial charge in [-0.2, -0.15) is 0 Å². The van der Waals surface area contributed by atoms with Crippen LogP contribution in [0.25, 0.3) is 0 Å². The maximum Gasteiger partial charge on any atom is 0.253 e. The summed E-state index contributed by atoms with van der Waals surface area (Å²) in [5.41, 5.74) is 0.0498. The van der Waals surface area contributed by atoms with Gasteiger partial charge >= 0.3 is 0 Å². The van der Waals surface area contributed by atoms with Gasteiger partial charge in [0.25, 0.3) is 5.56 Å². The van der Waals surface area contributed by atoms with Crippen molar-refractivity contribution in [2.75, 3.05) is 13.1 Å². The third-order valence-corrected chi connectivity index (χ3v) is 2.97. The topological polar surface area (TPSA) is 46.9 Å². The van der Waals surface area contributed by atoms with Crippen LogP contribution in [-0.2, 0) is 6.54 Å². The fraction of sp³-hybridized carbons (Fsp3) is 0.636. The van der Waals surface area contributed by atoms with Crippen molar-refractivity contribution >= 4 is 0 Å². The second-order valence-corrected chi connectivity index (χ2v) is 4.11. The Hall–Kier alpha value is -1.16. The molecule has 0 radical (unpaired) electrons. The molecule has 15 heavy (non-hydrogen) atoms. The van der Waals surface area contributed by atoms with Gasteiger partial charge in [0.15, 0.2) is 0 Å². The average molecular weight is 207 g/mol. The van der Waals surface area contributed by atoms with Crippen molar-refractivity contribution in [3.8, 4) is 0 Å². The Labute approximate surface area is 89.3 Å². The number of nitrogens with one attached hydrogen (secondary N) is 1. The van der Waals surface area contributed by atoms with E-state index < -0.39 is 0 Å². The molecule has 2 rings (SSSR count). The molecule has 1 saturated heterocycles. The largest absolute Gasteiger partial charge is 0.316 e. The second-order valence-electron chi connectivity index (χ2n) is 4.11. The van der Waals surface area contributed by atoms with Gasteiger partial charge in [-0.3, -0.25) is 9.36 Å². The highest BCUT2D eigenvalue weighted by Gasteiger charge is 2.12. The quantitative estimate of drug-likeness (QED) is 0.791. The van der Waals surface area contributed by atoms with E-state index in [1.165, 1.54) is 18.9 Å². The minimum Gasteiger partial charge on any atom is -0.316 e. The standard InChI is InChI=1S/C11H17N3O/c15-11-3-6-13-9-14(11)7-4-10-2-1-5-12-8-10/h3,6,9-10,12H,1-2,4-5,7-8H2. The molecule has 0 aromatic carbocycles. The van der Waals surface area contributed by atoms with Crippen molar-refractivity contribution < 1.29 is 0 Å². The van der Waals surface area contributed by atoms with Crippen LogP contribution >= 0.6 is 0 Å². The molecule has 4 heteroatoms. The lowest BCUT2D eigenvalue weighted by Gasteiger charge is -2.22. The van der Waals surface area contributed by atoms with Gasteiger partial charge in [0, 0.05) is 18.8 Å². The minimum atomic E-state index is 0.0498. The summed E-state index contributed by atoms with van der Waals surface area (Å²) in [6.07, 6.45) is 6.77. The monoisotopic (exact) mass is 207 g/mol. The number of hydrogen-bond donors (Lipinski definition) is 1. The summed E-state index contributed by atoms with van der Waals surface area (Å²) in [5, 5.41) is 3.38. The molecule has 1 aromatic heterocycles. The molecule has 4 nitrogen and oxygen atoms in total. The fourth-order valence-corrected chi connectivity index (χ4v) is 2.04. The Balaban J connectivity index is 1.87. The van der Waals surface area contributed by atoms with Gasteiger partial charge in [-0.1, -0.05) is 0 Å². The van der Waals surface area contributed by atoms with E-state index in [0.29, 0.717) is 5.92 Å². The predicted octanol–water partition coefficient (Wildman–Crippen LogP) is 0.633. The number of piperidine rings is 1. The van der Waals surface area contributed by atoms with E-state index in [1.54, 1.807) is 17.1 Å². The molecule has 1 aromatic rings. The normalized spacial score (nSPS) is 21.5. The summed E-state index contributed by atoms with van der Waals surface area (Å²) in [6.45, 7) is 3.03. The SMILES string of the molecule is O=c1ccncn1CCC1CCCNC1. The molecule has 1 unspecified atom stereocenters. The van der Waals surface area contributed by atoms with Crippen LogP contribution in [0.5, 0.6) is 0 Å². The third kappa shape index (κ3) is 2.89. The van der Waals surface area contributed by atoms with Gasteiger partial charge in [0.1, 0.15) is 0 Å². The van der Waals surface area contributed by atoms with E-state index in [9.17, 15) is 4.79 Å². The summed E-state index contributed by atoms with van der Waals surface area (Å²) < 4.78 is 1.69. The first kappa shape index (κ1) is 10.4. The molecule has 0 saturated carbocycles. The Bertz CT molecular complexity index is 355. The second kappa shape index (κ2) is 5.07. The zero-order chi connectivity index (χ0) is 10.5. The average Bonchev–Trinajstić information content (AvgIpc) is 2.29. The maximum atomic E-state index is 11.4. The highest BCUT2D eigenvalue weighted by atomic mass is 16.1. The number of aryl methyl sites for hydroxylation is 1. The predicted molar refractivity (Wildman–Crippen MR) is 58.7 cm³/mol. The summed E-state index contributed by atoms with van der Waals surface area (Å²) in [5.74, 6) is 0.714. The van der Waals surface area contributed by atoms with E-state index in [1.807, 2.05) is 0 Å². The zero-order valence-electron chi connectivity index (χ0n) is 8.85. The molecular weight excluding hydrogens is 190 g/mol.